The molecular formula is C13H20ClN3O7. The number of carbonyl (C=O) groups excluding carboxylic acids is 1. The lowest BCUT2D eigenvalue weighted by Gasteiger charge is -2.39. The second kappa shape index (κ2) is 9.57. The van der Waals surface area contributed by atoms with Gasteiger partial charge >= 0.3 is 6.09 Å². The van der Waals surface area contributed by atoms with Gasteiger partial charge in [-0.25, -0.2) is 9.79 Å². The van der Waals surface area contributed by atoms with Crippen molar-refractivity contribution in [1.82, 2.24) is 5.32 Å². The number of amides is 1. The average Bonchev–Trinajstić information content (AvgIpc) is 2.51. The number of guanidine groups is 1. The van der Waals surface area contributed by atoms with Crippen molar-refractivity contribution < 1.29 is 34.3 Å². The van der Waals surface area contributed by atoms with Crippen molar-refractivity contribution in [1.29, 1.82) is 0 Å². The quantitative estimate of drug-likeness (QED) is 0.230. The van der Waals surface area contributed by atoms with Gasteiger partial charge in [0.15, 0.2) is 6.29 Å². The predicted molar refractivity (Wildman–Crippen MR) is 83.9 cm³/mol. The van der Waals surface area contributed by atoms with Gasteiger partial charge in [-0.05, 0) is 6.08 Å². The Bertz CT molecular complexity index is 512. The standard InChI is InChI=1S/C13H20ClN3O7/c1-6(14)3-4-16-12(15)17-13(21)23-5-7-8(18)9(19)10(20)11(22-2)24-7/h3-4,7-11,18-20H,1,5H2,2H3,(H3,15,16,17,21)/b4-3-/t7?,8-,9?,10-,11+/m1/s1. The number of aliphatic imine (C=N–C) groups is 1. The van der Waals surface area contributed by atoms with E-state index in [1.807, 2.05) is 0 Å². The van der Waals surface area contributed by atoms with Crippen LogP contribution in [0, 0.1) is 0 Å². The number of hydrogen-bond donors (Lipinski definition) is 5. The Kier molecular flexibility index (Phi) is 8.11. The largest absolute Gasteiger partial charge is 0.446 e. The highest BCUT2D eigenvalue weighted by molar-refractivity contribution is 6.30. The lowest BCUT2D eigenvalue weighted by Crippen LogP contribution is -2.59. The van der Waals surface area contributed by atoms with E-state index in [2.05, 4.69) is 16.9 Å². The van der Waals surface area contributed by atoms with Crippen LogP contribution in [-0.2, 0) is 14.2 Å². The Hall–Kier alpha value is -1.69. The van der Waals surface area contributed by atoms with Gasteiger partial charge in [-0.3, -0.25) is 5.32 Å². The molecule has 2 unspecified atom stereocenters. The Balaban J connectivity index is 2.50. The second-order valence-electron chi connectivity index (χ2n) is 4.75. The van der Waals surface area contributed by atoms with Gasteiger partial charge in [0.05, 0.1) is 0 Å². The molecule has 0 saturated carbocycles. The summed E-state index contributed by atoms with van der Waals surface area (Å²) in [4.78, 5) is 15.2. The fraction of sp³-hybridized carbons (Fsp3) is 0.538. The Morgan fingerprint density at radius 1 is 1.42 bits per heavy atom. The maximum atomic E-state index is 11.6. The molecule has 1 aliphatic heterocycles. The summed E-state index contributed by atoms with van der Waals surface area (Å²) in [7, 11) is 1.25. The molecule has 24 heavy (non-hydrogen) atoms. The molecule has 136 valence electrons. The molecule has 1 saturated heterocycles. The molecule has 1 rings (SSSR count). The molecule has 0 aliphatic carbocycles. The lowest BCUT2D eigenvalue weighted by molar-refractivity contribution is -0.294. The second-order valence-corrected chi connectivity index (χ2v) is 5.24. The fourth-order valence-electron chi connectivity index (χ4n) is 1.78. The summed E-state index contributed by atoms with van der Waals surface area (Å²) in [6, 6.07) is 0. The molecule has 1 amide bonds. The van der Waals surface area contributed by atoms with E-state index in [9.17, 15) is 20.1 Å². The van der Waals surface area contributed by atoms with Crippen LogP contribution in [0.1, 0.15) is 0 Å². The summed E-state index contributed by atoms with van der Waals surface area (Å²) in [6.45, 7) is 2.98. The Morgan fingerprint density at radius 3 is 2.67 bits per heavy atom. The number of methoxy groups -OCH3 is 1. The van der Waals surface area contributed by atoms with Gasteiger partial charge in [0.25, 0.3) is 0 Å². The van der Waals surface area contributed by atoms with Gasteiger partial charge < -0.3 is 35.3 Å². The minimum absolute atomic E-state index is 0.228. The normalized spacial score (nSPS) is 31.0. The number of alkyl carbamates (subject to hydrolysis) is 1. The molecule has 0 spiro atoms. The number of nitrogens with zero attached hydrogens (tertiary/aromatic N) is 1. The van der Waals surface area contributed by atoms with Crippen molar-refractivity contribution >= 4 is 23.7 Å². The highest BCUT2D eigenvalue weighted by atomic mass is 35.5. The Morgan fingerprint density at radius 2 is 2.08 bits per heavy atom. The van der Waals surface area contributed by atoms with E-state index >= 15 is 0 Å². The number of carbonyl (C=O) groups is 1. The van der Waals surface area contributed by atoms with Gasteiger partial charge in [0.2, 0.25) is 5.96 Å². The molecule has 0 aromatic rings. The monoisotopic (exact) mass is 365 g/mol. The molecule has 10 nitrogen and oxygen atoms in total. The number of halogens is 1. The van der Waals surface area contributed by atoms with Crippen LogP contribution >= 0.6 is 11.6 Å². The molecule has 1 fully saturated rings. The van der Waals surface area contributed by atoms with Gasteiger partial charge in [0.1, 0.15) is 31.0 Å². The van der Waals surface area contributed by atoms with E-state index in [0.717, 1.165) is 0 Å². The van der Waals surface area contributed by atoms with E-state index in [1.54, 1.807) is 0 Å². The number of nitrogens with two attached hydrogens (primary N) is 1. The number of nitrogens with one attached hydrogen (secondary N) is 1. The molecule has 1 aliphatic rings. The van der Waals surface area contributed by atoms with Crippen LogP contribution in [0.2, 0.25) is 0 Å². The first-order valence-electron chi connectivity index (χ1n) is 6.76. The van der Waals surface area contributed by atoms with Gasteiger partial charge in [0, 0.05) is 18.3 Å². The molecule has 0 aromatic carbocycles. The van der Waals surface area contributed by atoms with E-state index in [0.29, 0.717) is 0 Å². The first kappa shape index (κ1) is 20.4. The molecule has 6 N–H and O–H groups in total. The van der Waals surface area contributed by atoms with E-state index in [1.165, 1.54) is 19.4 Å². The van der Waals surface area contributed by atoms with Crippen molar-refractivity contribution in [2.24, 2.45) is 10.7 Å². The van der Waals surface area contributed by atoms with Crippen LogP contribution in [0.5, 0.6) is 0 Å². The summed E-state index contributed by atoms with van der Waals surface area (Å²) < 4.78 is 14.8. The van der Waals surface area contributed by atoms with E-state index < -0.39 is 43.4 Å². The minimum Gasteiger partial charge on any atom is -0.446 e. The van der Waals surface area contributed by atoms with Crippen molar-refractivity contribution in [2.45, 2.75) is 30.7 Å². The first-order valence-corrected chi connectivity index (χ1v) is 7.14. The van der Waals surface area contributed by atoms with Crippen molar-refractivity contribution in [3.05, 3.63) is 23.9 Å². The first-order chi connectivity index (χ1) is 11.3. The van der Waals surface area contributed by atoms with E-state index in [-0.39, 0.29) is 11.0 Å². The summed E-state index contributed by atoms with van der Waals surface area (Å²) >= 11 is 5.47. The van der Waals surface area contributed by atoms with Crippen LogP contribution in [0.4, 0.5) is 4.79 Å². The molecule has 11 heteroatoms. The van der Waals surface area contributed by atoms with Crippen molar-refractivity contribution in [3.63, 3.8) is 0 Å². The van der Waals surface area contributed by atoms with Gasteiger partial charge in [-0.1, -0.05) is 18.2 Å². The number of aliphatic hydroxyl groups is 3. The minimum atomic E-state index is -1.51. The third-order valence-corrected chi connectivity index (χ3v) is 3.10. The van der Waals surface area contributed by atoms with E-state index in [4.69, 9.17) is 31.5 Å². The molecule has 0 bridgehead atoms. The third-order valence-electron chi connectivity index (χ3n) is 2.98. The summed E-state index contributed by atoms with van der Waals surface area (Å²) in [5.41, 5.74) is 5.42. The third kappa shape index (κ3) is 6.07. The predicted octanol–water partition coefficient (Wildman–Crippen LogP) is -1.25. The molecule has 1 heterocycles. The average molecular weight is 366 g/mol. The SMILES string of the molecule is C=C(Cl)/C=C\N=C(N)NC(=O)OCC1O[C@H](OC)[C@H](O)C(O)[C@@H]1O. The van der Waals surface area contributed by atoms with Crippen LogP contribution in [0.3, 0.4) is 0 Å². The molecule has 5 atom stereocenters. The number of aliphatic hydroxyl groups excluding tert-OH is 3. The summed E-state index contributed by atoms with van der Waals surface area (Å²) in [5, 5.41) is 31.4. The lowest BCUT2D eigenvalue weighted by atomic mass is 9.99. The summed E-state index contributed by atoms with van der Waals surface area (Å²) in [6.07, 6.45) is -5.06. The van der Waals surface area contributed by atoms with Crippen LogP contribution < -0.4 is 11.1 Å². The maximum Gasteiger partial charge on any atom is 0.414 e. The van der Waals surface area contributed by atoms with Gasteiger partial charge in [-0.2, -0.15) is 0 Å². The number of ether oxygens (including phenoxy) is 3. The number of hydrogen-bond acceptors (Lipinski definition) is 8. The molecular weight excluding hydrogens is 346 g/mol. The van der Waals surface area contributed by atoms with Crippen LogP contribution in [0.25, 0.3) is 0 Å². The zero-order chi connectivity index (χ0) is 18.3. The highest BCUT2D eigenvalue weighted by Gasteiger charge is 2.44. The van der Waals surface area contributed by atoms with Crippen LogP contribution in [0.15, 0.2) is 28.9 Å². The fourth-order valence-corrected chi connectivity index (χ4v) is 1.83. The Labute approximate surface area is 143 Å². The van der Waals surface area contributed by atoms with Gasteiger partial charge in [-0.15, -0.1) is 0 Å². The highest BCUT2D eigenvalue weighted by Crippen LogP contribution is 2.21. The molecule has 0 aromatic heterocycles. The van der Waals surface area contributed by atoms with Crippen molar-refractivity contribution in [3.8, 4) is 0 Å². The number of rotatable bonds is 5. The topological polar surface area (TPSA) is 156 Å². The smallest absolute Gasteiger partial charge is 0.414 e. The zero-order valence-corrected chi connectivity index (χ0v) is 13.6. The summed E-state index contributed by atoms with van der Waals surface area (Å²) in [5.74, 6) is -0.260. The van der Waals surface area contributed by atoms with Crippen molar-refractivity contribution in [2.75, 3.05) is 13.7 Å². The molecule has 0 radical (unpaired) electrons. The zero-order valence-electron chi connectivity index (χ0n) is 12.8. The maximum absolute atomic E-state index is 11.6. The number of allylic oxidation sites excluding steroid dienone is 2. The van der Waals surface area contributed by atoms with Crippen LogP contribution in [-0.4, -0.2) is 71.8 Å².